The molecular formula is C92H102F4N8O2S5. The number of hydrogen-bond donors (Lipinski definition) is 0. The zero-order valence-electron chi connectivity index (χ0n) is 66.1. The summed E-state index contributed by atoms with van der Waals surface area (Å²) in [4.78, 5) is 39.1. The summed E-state index contributed by atoms with van der Waals surface area (Å²) in [7, 11) is 0. The highest BCUT2D eigenvalue weighted by Crippen LogP contribution is 2.56. The lowest BCUT2D eigenvalue weighted by Gasteiger charge is -2.20. The van der Waals surface area contributed by atoms with Gasteiger partial charge in [0.15, 0.2) is 34.8 Å². The van der Waals surface area contributed by atoms with Crippen molar-refractivity contribution in [2.45, 2.75) is 262 Å². The fraction of sp³-hybridized carbons (Fsp3) is 0.457. The quantitative estimate of drug-likeness (QED) is 0.00987. The van der Waals surface area contributed by atoms with Gasteiger partial charge in [-0.2, -0.15) is 8.75 Å². The van der Waals surface area contributed by atoms with E-state index in [2.05, 4.69) is 72.5 Å². The average Bonchev–Trinajstić information content (AvgIpc) is 1.50. The molecule has 7 heterocycles. The number of rotatable bonds is 34. The molecule has 2 unspecified atom stereocenters. The molecule has 0 N–H and O–H groups in total. The van der Waals surface area contributed by atoms with Crippen molar-refractivity contribution in [3.63, 3.8) is 0 Å². The normalized spacial score (nSPS) is 14.9. The largest absolute Gasteiger partial charge is 0.337 e. The van der Waals surface area contributed by atoms with Crippen molar-refractivity contribution in [3.05, 3.63) is 171 Å². The number of hydrogen-bond acceptors (Lipinski definition) is 11. The maximum Gasteiger partial charge on any atom is 0.270 e. The zero-order valence-corrected chi connectivity index (χ0v) is 70.2. The number of fused-ring (bicyclic) bond motifs is 16. The van der Waals surface area contributed by atoms with Gasteiger partial charge < -0.3 is 9.13 Å². The maximum atomic E-state index is 14.8. The summed E-state index contributed by atoms with van der Waals surface area (Å²) < 4.78 is 74.2. The van der Waals surface area contributed by atoms with Gasteiger partial charge in [0.2, 0.25) is 0 Å². The van der Waals surface area contributed by atoms with Gasteiger partial charge in [-0.25, -0.2) is 37.8 Å². The molecule has 580 valence electrons. The second-order valence-corrected chi connectivity index (χ2v) is 34.3. The van der Waals surface area contributed by atoms with E-state index in [0.29, 0.717) is 56.4 Å². The van der Waals surface area contributed by atoms with Crippen molar-refractivity contribution in [1.29, 1.82) is 10.5 Å². The van der Waals surface area contributed by atoms with E-state index in [9.17, 15) is 37.7 Å². The van der Waals surface area contributed by atoms with Crippen molar-refractivity contribution in [2.24, 2.45) is 11.8 Å². The van der Waals surface area contributed by atoms with Crippen molar-refractivity contribution in [3.8, 4) is 12.1 Å². The Kier molecular flexibility index (Phi) is 29.3. The van der Waals surface area contributed by atoms with Crippen LogP contribution in [0.2, 0.25) is 0 Å². The Morgan fingerprint density at radius 3 is 1.13 bits per heavy atom. The van der Waals surface area contributed by atoms with E-state index in [1.165, 1.54) is 174 Å². The molecule has 0 amide bonds. The Morgan fingerprint density at radius 2 is 0.802 bits per heavy atom. The minimum absolute atomic E-state index is 0.0634. The second kappa shape index (κ2) is 38.9. The van der Waals surface area contributed by atoms with E-state index in [0.717, 1.165) is 138 Å². The summed E-state index contributed by atoms with van der Waals surface area (Å²) in [5.41, 5.74) is 11.9. The van der Waals surface area contributed by atoms with Gasteiger partial charge in [0.05, 0.1) is 87.3 Å². The molecule has 4 aromatic carbocycles. The summed E-state index contributed by atoms with van der Waals surface area (Å²) in [6.07, 6.45) is 36.4. The first-order valence-electron chi connectivity index (χ1n) is 40.7. The van der Waals surface area contributed by atoms with E-state index >= 15 is 0 Å². The Morgan fingerprint density at radius 1 is 0.468 bits per heavy atom. The van der Waals surface area contributed by atoms with Gasteiger partial charge in [-0.15, -0.1) is 45.3 Å². The fourth-order valence-electron chi connectivity index (χ4n) is 16.4. The molecule has 19 heteroatoms. The van der Waals surface area contributed by atoms with Crippen LogP contribution < -0.4 is 0 Å². The van der Waals surface area contributed by atoms with Crippen LogP contribution in [0.25, 0.3) is 105 Å². The van der Waals surface area contributed by atoms with E-state index < -0.39 is 34.4 Å². The number of unbranched alkanes of at least 4 members (excludes halogenated alkanes) is 18. The van der Waals surface area contributed by atoms with Gasteiger partial charge >= 0.3 is 0 Å². The molecule has 2 aliphatic carbocycles. The summed E-state index contributed by atoms with van der Waals surface area (Å²) in [5, 5.41) is 23.3. The van der Waals surface area contributed by atoms with E-state index in [4.69, 9.17) is 21.9 Å². The topological polar surface area (TPSA) is 126 Å². The molecule has 7 aromatic heterocycles. The van der Waals surface area contributed by atoms with Crippen LogP contribution in [0.4, 0.5) is 17.6 Å². The molecule has 0 radical (unpaired) electrons. The van der Waals surface area contributed by atoms with Gasteiger partial charge in [-0.3, -0.25) is 9.59 Å². The fourth-order valence-corrected chi connectivity index (χ4v) is 22.9. The smallest absolute Gasteiger partial charge is 0.270 e. The number of Topliss-reactive ketones (excluding diaryl/α,β-unsaturated/α-hetero) is 2. The highest BCUT2D eigenvalue weighted by Gasteiger charge is 2.37. The standard InChI is InChI=1S/C82H90N8O2S5.C8H6F4.C2H6/c1-9-15-19-21-23-25-27-29-31-43-57-63(45-59-65(61(47-83)85-7)53-39-33-35-41-55(53)75(59)91)93-81-73-79(95-77(57)81)67-69-70(88-97-87-69)68-72(71(67)89(73)49-51(13-5)37-17-11-3)90(50-52(14-6)38-18-12-4)74-80(68)96-78-58(44-32-30-28-26-24-22-20-16-10-2)64(94-82(74)78)46-60-66(62(48-84)86-8)54-40-34-36-42-56(54)76(60)92;1-3-5(9)7(11)4(2)8(12)6(3)10;1-2/h33-36,39-42,45-46,51-52H,9-32,37-38,43-44,49-50H2,1-6H3;1-2H3;1-2H3/b59-45-,60-46-,65-61+,66-62?;;. The van der Waals surface area contributed by atoms with Crippen LogP contribution in [-0.4, -0.2) is 29.4 Å². The van der Waals surface area contributed by atoms with Crippen LogP contribution in [-0.2, 0) is 25.9 Å². The highest BCUT2D eigenvalue weighted by molar-refractivity contribution is 7.34. The van der Waals surface area contributed by atoms with Gasteiger partial charge in [-0.05, 0) is 98.6 Å². The van der Waals surface area contributed by atoms with Crippen molar-refractivity contribution in [1.82, 2.24) is 17.9 Å². The third-order valence-corrected chi connectivity index (χ3v) is 28.2. The summed E-state index contributed by atoms with van der Waals surface area (Å²) in [6.45, 7) is 37.8. The lowest BCUT2D eigenvalue weighted by molar-refractivity contribution is 0.103. The predicted octanol–water partition coefficient (Wildman–Crippen LogP) is 29.8. The molecule has 11 aromatic rings. The van der Waals surface area contributed by atoms with Crippen LogP contribution in [0.15, 0.2) is 71.1 Å². The molecule has 2 aliphatic rings. The number of ketones is 2. The Balaban J connectivity index is 0.000000791. The first-order chi connectivity index (χ1) is 54.1. The van der Waals surface area contributed by atoms with Crippen molar-refractivity contribution >= 4 is 164 Å². The van der Waals surface area contributed by atoms with Crippen LogP contribution in [0, 0.1) is 84.8 Å². The average molecular weight is 1590 g/mol. The third kappa shape index (κ3) is 16.7. The predicted molar refractivity (Wildman–Crippen MR) is 461 cm³/mol. The molecule has 13 rings (SSSR count). The number of halogens is 4. The van der Waals surface area contributed by atoms with E-state index in [-0.39, 0.29) is 23.0 Å². The number of aryl methyl sites for hydroxylation is 2. The minimum atomic E-state index is -1.33. The monoisotopic (exact) mass is 1590 g/mol. The van der Waals surface area contributed by atoms with Crippen LogP contribution >= 0.6 is 57.1 Å². The van der Waals surface area contributed by atoms with Gasteiger partial charge in [0.1, 0.15) is 11.0 Å². The number of nitriles is 2. The molecule has 2 atom stereocenters. The Hall–Kier alpha value is -8.40. The van der Waals surface area contributed by atoms with Gasteiger partial charge in [0, 0.05) is 78.2 Å². The number of nitrogens with zero attached hydrogens (tertiary/aromatic N) is 8. The minimum Gasteiger partial charge on any atom is -0.337 e. The van der Waals surface area contributed by atoms with Crippen LogP contribution in [0.5, 0.6) is 0 Å². The maximum absolute atomic E-state index is 14.8. The zero-order chi connectivity index (χ0) is 79.2. The molecule has 10 nitrogen and oxygen atoms in total. The lowest BCUT2D eigenvalue weighted by Crippen LogP contribution is -2.13. The number of aromatic nitrogens is 4. The summed E-state index contributed by atoms with van der Waals surface area (Å²) in [5.74, 6) is -4.82. The Bertz CT molecular complexity index is 5150. The molecular weight excluding hydrogens is 1490 g/mol. The molecule has 0 saturated heterocycles. The van der Waals surface area contributed by atoms with E-state index in [1.807, 2.05) is 97.2 Å². The lowest BCUT2D eigenvalue weighted by atomic mass is 9.98. The highest BCUT2D eigenvalue weighted by atomic mass is 32.1. The molecule has 0 saturated carbocycles. The van der Waals surface area contributed by atoms with Crippen molar-refractivity contribution < 1.29 is 27.2 Å². The molecule has 0 aliphatic heterocycles. The first kappa shape index (κ1) is 83.5. The Labute approximate surface area is 672 Å². The van der Waals surface area contributed by atoms with Gasteiger partial charge in [0.25, 0.3) is 11.4 Å². The molecule has 0 fully saturated rings. The molecule has 111 heavy (non-hydrogen) atoms. The summed E-state index contributed by atoms with van der Waals surface area (Å²) in [6, 6.07) is 19.3. The van der Waals surface area contributed by atoms with Gasteiger partial charge in [-0.1, -0.05) is 245 Å². The molecule has 0 spiro atoms. The number of allylic oxidation sites excluding steroid dienone is 6. The molecule has 0 bridgehead atoms. The van der Waals surface area contributed by atoms with Crippen molar-refractivity contribution in [2.75, 3.05) is 0 Å². The third-order valence-electron chi connectivity index (χ3n) is 22.5. The second-order valence-electron chi connectivity index (χ2n) is 29.7. The first-order valence-corrected chi connectivity index (χ1v) is 44.7. The number of carbonyl (C=O) groups excluding carboxylic acids is 2. The number of benzene rings is 4. The number of thiophene rings is 4. The summed E-state index contributed by atoms with van der Waals surface area (Å²) >= 11 is 8.62. The SMILES string of the molecule is CC.Cc1c(F)c(F)c(C)c(F)c1F.[C-]#[N+]C(C#N)=C1/C(=C/c2sc3c(sc4c5c6nsnc6c6c7sc8c(CCCCCCCCCCC)c(/C=C9\C(=O)c%10ccccc%10\C9=C(\C#N)[N+]#[C-])sc8c7n(CC(CC)CCCC)c6c5n(CC(CC)CCCC)c34)c2CCCCCCCCCCC)C(=O)c2ccccc21. The van der Waals surface area contributed by atoms with Crippen LogP contribution in [0.3, 0.4) is 0 Å². The van der Waals surface area contributed by atoms with E-state index in [1.54, 1.807) is 22.7 Å². The van der Waals surface area contributed by atoms with Crippen LogP contribution in [0.1, 0.15) is 286 Å². The number of carbonyl (C=O) groups is 2.